The number of nitrogens with two attached hydrogens (primary N) is 1. The molecule has 1 aromatic carbocycles. The van der Waals surface area contributed by atoms with Gasteiger partial charge in [0.15, 0.2) is 11.5 Å². The highest BCUT2D eigenvalue weighted by molar-refractivity contribution is 5.54. The summed E-state index contributed by atoms with van der Waals surface area (Å²) < 4.78 is 26.2. The number of hydrogen-bond donors (Lipinski definition) is 1. The van der Waals surface area contributed by atoms with Gasteiger partial charge in [-0.1, -0.05) is 19.3 Å². The fourth-order valence-corrected chi connectivity index (χ4v) is 3.70. The lowest BCUT2D eigenvalue weighted by Gasteiger charge is -2.39. The number of halogens is 1. The van der Waals surface area contributed by atoms with Crippen LogP contribution in [-0.4, -0.2) is 19.8 Å². The van der Waals surface area contributed by atoms with E-state index >= 15 is 0 Å². The minimum Gasteiger partial charge on any atom is -0.486 e. The Morgan fingerprint density at radius 2 is 1.82 bits per heavy atom. The average molecular weight is 307 g/mol. The molecule has 0 radical (unpaired) electrons. The predicted molar refractivity (Wildman–Crippen MR) is 85.4 cm³/mol. The van der Waals surface area contributed by atoms with Gasteiger partial charge in [0.2, 0.25) is 0 Å². The maximum absolute atomic E-state index is 14.5. The van der Waals surface area contributed by atoms with E-state index in [0.29, 0.717) is 31.1 Å². The lowest BCUT2D eigenvalue weighted by atomic mass is 9.68. The minimum absolute atomic E-state index is 0.107. The van der Waals surface area contributed by atoms with Gasteiger partial charge >= 0.3 is 0 Å². The van der Waals surface area contributed by atoms with Crippen LogP contribution >= 0.6 is 0 Å². The van der Waals surface area contributed by atoms with Crippen molar-refractivity contribution < 1.29 is 13.9 Å². The molecular weight excluding hydrogens is 281 g/mol. The third-order valence-electron chi connectivity index (χ3n) is 5.10. The van der Waals surface area contributed by atoms with Crippen molar-refractivity contribution in [1.29, 1.82) is 0 Å². The highest BCUT2D eigenvalue weighted by Gasteiger charge is 2.38. The quantitative estimate of drug-likeness (QED) is 0.923. The second kappa shape index (κ2) is 5.73. The zero-order valence-electron chi connectivity index (χ0n) is 13.6. The molecule has 1 heterocycles. The summed E-state index contributed by atoms with van der Waals surface area (Å²) in [6.45, 7) is 4.78. The Bertz CT molecular complexity index is 545. The van der Waals surface area contributed by atoms with Gasteiger partial charge in [0.05, 0.1) is 0 Å². The smallest absolute Gasteiger partial charge is 0.165 e. The highest BCUT2D eigenvalue weighted by atomic mass is 19.1. The van der Waals surface area contributed by atoms with Crippen molar-refractivity contribution in [3.63, 3.8) is 0 Å². The summed E-state index contributed by atoms with van der Waals surface area (Å²) >= 11 is 0. The van der Waals surface area contributed by atoms with E-state index in [1.807, 2.05) is 6.07 Å². The molecule has 1 aliphatic heterocycles. The number of ether oxygens (including phenoxy) is 2. The van der Waals surface area contributed by atoms with Crippen LogP contribution < -0.4 is 15.2 Å². The van der Waals surface area contributed by atoms with Gasteiger partial charge in [-0.25, -0.2) is 4.39 Å². The molecule has 0 atom stereocenters. The van der Waals surface area contributed by atoms with Gasteiger partial charge in [-0.05, 0) is 44.4 Å². The van der Waals surface area contributed by atoms with E-state index in [9.17, 15) is 4.39 Å². The largest absolute Gasteiger partial charge is 0.486 e. The molecule has 122 valence electrons. The van der Waals surface area contributed by atoms with Gasteiger partial charge in [0.1, 0.15) is 18.9 Å². The first-order valence-electron chi connectivity index (χ1n) is 8.30. The second-order valence-corrected chi connectivity index (χ2v) is 7.07. The maximum Gasteiger partial charge on any atom is 0.165 e. The van der Waals surface area contributed by atoms with E-state index in [4.69, 9.17) is 15.2 Å². The predicted octanol–water partition coefficient (Wildman–Crippen LogP) is 3.82. The van der Waals surface area contributed by atoms with E-state index < -0.39 is 5.67 Å². The second-order valence-electron chi connectivity index (χ2n) is 7.07. The van der Waals surface area contributed by atoms with Crippen LogP contribution in [0.25, 0.3) is 0 Å². The van der Waals surface area contributed by atoms with Crippen LogP contribution in [0.1, 0.15) is 57.1 Å². The molecule has 0 aromatic heterocycles. The Morgan fingerprint density at radius 3 is 2.45 bits per heavy atom. The van der Waals surface area contributed by atoms with Gasteiger partial charge in [0.25, 0.3) is 0 Å². The Morgan fingerprint density at radius 1 is 1.14 bits per heavy atom. The lowest BCUT2D eigenvalue weighted by Crippen LogP contribution is -2.38. The van der Waals surface area contributed by atoms with Crippen LogP contribution in [0.4, 0.5) is 4.39 Å². The summed E-state index contributed by atoms with van der Waals surface area (Å²) in [6.07, 6.45) is 5.65. The van der Waals surface area contributed by atoms with Crippen LogP contribution in [0.3, 0.4) is 0 Å². The Kier molecular flexibility index (Phi) is 4.06. The van der Waals surface area contributed by atoms with Crippen LogP contribution in [0.2, 0.25) is 0 Å². The highest BCUT2D eigenvalue weighted by Crippen LogP contribution is 2.48. The van der Waals surface area contributed by atoms with Gasteiger partial charge in [-0.3, -0.25) is 0 Å². The molecule has 3 rings (SSSR count). The summed E-state index contributed by atoms with van der Waals surface area (Å²) in [5, 5.41) is 0. The molecule has 1 aliphatic carbocycles. The van der Waals surface area contributed by atoms with Gasteiger partial charge in [-0.15, -0.1) is 0 Å². The number of fused-ring (bicyclic) bond motifs is 1. The number of rotatable bonds is 3. The molecule has 1 saturated carbocycles. The Labute approximate surface area is 132 Å². The van der Waals surface area contributed by atoms with Crippen molar-refractivity contribution in [2.45, 2.75) is 57.0 Å². The first kappa shape index (κ1) is 15.6. The van der Waals surface area contributed by atoms with Crippen LogP contribution in [0.15, 0.2) is 12.1 Å². The molecule has 3 nitrogen and oxygen atoms in total. The van der Waals surface area contributed by atoms with E-state index in [0.717, 1.165) is 37.0 Å². The molecule has 0 amide bonds. The lowest BCUT2D eigenvalue weighted by molar-refractivity contribution is 0.161. The molecule has 1 fully saturated rings. The van der Waals surface area contributed by atoms with E-state index in [2.05, 4.69) is 0 Å². The molecule has 2 N–H and O–H groups in total. The van der Waals surface area contributed by atoms with Gasteiger partial charge < -0.3 is 15.2 Å². The molecule has 4 heteroatoms. The SMILES string of the molecule is CC(C)(F)c1cc2c(c(C3(CN)CCCCC3)c1)OCCO2. The van der Waals surface area contributed by atoms with E-state index in [1.165, 1.54) is 6.42 Å². The third kappa shape index (κ3) is 2.69. The molecule has 1 aromatic rings. The molecular formula is C18H26FNO2. The molecule has 2 aliphatic rings. The van der Waals surface area contributed by atoms with Gasteiger partial charge in [0, 0.05) is 17.5 Å². The monoisotopic (exact) mass is 307 g/mol. The van der Waals surface area contributed by atoms with Crippen molar-refractivity contribution in [3.8, 4) is 11.5 Å². The Hall–Kier alpha value is -1.29. The number of benzene rings is 1. The van der Waals surface area contributed by atoms with E-state index in [-0.39, 0.29) is 5.41 Å². The summed E-state index contributed by atoms with van der Waals surface area (Å²) in [6, 6.07) is 3.75. The molecule has 0 saturated heterocycles. The fourth-order valence-electron chi connectivity index (χ4n) is 3.70. The third-order valence-corrected chi connectivity index (χ3v) is 5.10. The summed E-state index contributed by atoms with van der Waals surface area (Å²) in [5.74, 6) is 1.45. The molecule has 22 heavy (non-hydrogen) atoms. The zero-order chi connectivity index (χ0) is 15.8. The molecule has 0 spiro atoms. The van der Waals surface area contributed by atoms with Crippen LogP contribution in [-0.2, 0) is 11.1 Å². The maximum atomic E-state index is 14.5. The topological polar surface area (TPSA) is 44.5 Å². The normalized spacial score (nSPS) is 20.7. The zero-order valence-corrected chi connectivity index (χ0v) is 13.6. The summed E-state index contributed by atoms with van der Waals surface area (Å²) in [5.41, 5.74) is 6.35. The van der Waals surface area contributed by atoms with Crippen molar-refractivity contribution in [3.05, 3.63) is 23.3 Å². The summed E-state index contributed by atoms with van der Waals surface area (Å²) in [7, 11) is 0. The van der Waals surface area contributed by atoms with Crippen LogP contribution in [0, 0.1) is 0 Å². The van der Waals surface area contributed by atoms with Gasteiger partial charge in [-0.2, -0.15) is 0 Å². The van der Waals surface area contributed by atoms with Crippen molar-refractivity contribution in [2.75, 3.05) is 19.8 Å². The first-order valence-corrected chi connectivity index (χ1v) is 8.30. The number of hydrogen-bond acceptors (Lipinski definition) is 3. The van der Waals surface area contributed by atoms with E-state index in [1.54, 1.807) is 19.9 Å². The average Bonchev–Trinajstić information content (AvgIpc) is 2.53. The van der Waals surface area contributed by atoms with Crippen molar-refractivity contribution in [2.24, 2.45) is 5.73 Å². The first-order chi connectivity index (χ1) is 10.5. The Balaban J connectivity index is 2.15. The molecule has 0 bridgehead atoms. The fraction of sp³-hybridized carbons (Fsp3) is 0.667. The number of alkyl halides is 1. The minimum atomic E-state index is -1.41. The molecule has 0 unspecified atom stereocenters. The van der Waals surface area contributed by atoms with Crippen molar-refractivity contribution >= 4 is 0 Å². The summed E-state index contributed by atoms with van der Waals surface area (Å²) in [4.78, 5) is 0. The standard InChI is InChI=1S/C18H26FNO2/c1-17(2,19)13-10-14(16-15(11-13)21-8-9-22-16)18(12-20)6-4-3-5-7-18/h10-11H,3-9,12,20H2,1-2H3. The van der Waals surface area contributed by atoms with Crippen molar-refractivity contribution in [1.82, 2.24) is 0 Å². The van der Waals surface area contributed by atoms with Crippen LogP contribution in [0.5, 0.6) is 11.5 Å².